The van der Waals surface area contributed by atoms with E-state index in [1.165, 1.54) is 0 Å². The number of morpholine rings is 1. The molecule has 18 heavy (non-hydrogen) atoms. The van der Waals surface area contributed by atoms with Crippen LogP contribution in [0.1, 0.15) is 27.2 Å². The number of amides is 1. The number of nitrogens with zero attached hydrogens (tertiary/aromatic N) is 2. The van der Waals surface area contributed by atoms with E-state index in [9.17, 15) is 4.79 Å². The third-order valence-electron chi connectivity index (χ3n) is 3.41. The van der Waals surface area contributed by atoms with Crippen molar-refractivity contribution in [2.24, 2.45) is 0 Å². The normalized spacial score (nSPS) is 29.9. The van der Waals surface area contributed by atoms with Gasteiger partial charge in [-0.15, -0.1) is 0 Å². The summed E-state index contributed by atoms with van der Waals surface area (Å²) in [5, 5.41) is 0. The second-order valence-corrected chi connectivity index (χ2v) is 6.42. The molecule has 104 valence electrons. The lowest BCUT2D eigenvalue weighted by Gasteiger charge is -2.40. The van der Waals surface area contributed by atoms with E-state index in [1.807, 2.05) is 20.8 Å². The van der Waals surface area contributed by atoms with E-state index < -0.39 is 5.60 Å². The minimum absolute atomic E-state index is 0.177. The summed E-state index contributed by atoms with van der Waals surface area (Å²) in [7, 11) is 2.09. The molecule has 1 amide bonds. The van der Waals surface area contributed by atoms with Crippen LogP contribution in [-0.4, -0.2) is 66.9 Å². The lowest BCUT2D eigenvalue weighted by atomic mass is 10.0. The second-order valence-electron chi connectivity index (χ2n) is 6.42. The maximum absolute atomic E-state index is 12.1. The van der Waals surface area contributed by atoms with E-state index in [2.05, 4.69) is 11.9 Å². The van der Waals surface area contributed by atoms with Crippen LogP contribution in [0.3, 0.4) is 0 Å². The molecule has 5 nitrogen and oxygen atoms in total. The van der Waals surface area contributed by atoms with E-state index in [1.54, 1.807) is 4.90 Å². The molecule has 0 bridgehead atoms. The standard InChI is InChI=1S/C13H24N2O3/c1-12(2,3)18-11(16)15-7-8-17-13(10-15)5-6-14(4)9-13/h5-10H2,1-4H3/t13-/m0/s1. The predicted octanol–water partition coefficient (Wildman–Crippen LogP) is 1.33. The third-order valence-corrected chi connectivity index (χ3v) is 3.41. The Balaban J connectivity index is 1.97. The van der Waals surface area contributed by atoms with Crippen molar-refractivity contribution in [3.8, 4) is 0 Å². The molecule has 0 aromatic heterocycles. The Hall–Kier alpha value is -0.810. The summed E-state index contributed by atoms with van der Waals surface area (Å²) in [4.78, 5) is 16.1. The molecule has 0 N–H and O–H groups in total. The van der Waals surface area contributed by atoms with Gasteiger partial charge in [-0.1, -0.05) is 0 Å². The number of rotatable bonds is 0. The fourth-order valence-electron chi connectivity index (χ4n) is 2.62. The number of hydrogen-bond acceptors (Lipinski definition) is 4. The van der Waals surface area contributed by atoms with Crippen molar-refractivity contribution in [2.45, 2.75) is 38.4 Å². The zero-order chi connectivity index (χ0) is 13.4. The molecule has 2 fully saturated rings. The van der Waals surface area contributed by atoms with Gasteiger partial charge < -0.3 is 19.3 Å². The van der Waals surface area contributed by atoms with Gasteiger partial charge in [-0.3, -0.25) is 0 Å². The zero-order valence-corrected chi connectivity index (χ0v) is 11.9. The van der Waals surface area contributed by atoms with Gasteiger partial charge in [-0.2, -0.15) is 0 Å². The van der Waals surface area contributed by atoms with Crippen LogP contribution in [-0.2, 0) is 9.47 Å². The summed E-state index contributed by atoms with van der Waals surface area (Å²) in [6.45, 7) is 9.48. The van der Waals surface area contributed by atoms with Gasteiger partial charge in [0.25, 0.3) is 0 Å². The van der Waals surface area contributed by atoms with Crippen LogP contribution in [0.25, 0.3) is 0 Å². The van der Waals surface area contributed by atoms with Crippen molar-refractivity contribution in [3.05, 3.63) is 0 Å². The first-order chi connectivity index (χ1) is 8.30. The average Bonchev–Trinajstić information content (AvgIpc) is 2.57. The molecule has 2 aliphatic heterocycles. The Labute approximate surface area is 109 Å². The molecule has 1 spiro atoms. The van der Waals surface area contributed by atoms with Crippen molar-refractivity contribution in [1.29, 1.82) is 0 Å². The highest BCUT2D eigenvalue weighted by molar-refractivity contribution is 5.68. The molecule has 0 saturated carbocycles. The third kappa shape index (κ3) is 3.14. The Morgan fingerprint density at radius 2 is 2.00 bits per heavy atom. The molecule has 2 heterocycles. The molecule has 0 aromatic carbocycles. The first-order valence-corrected chi connectivity index (χ1v) is 6.60. The molecule has 0 aromatic rings. The topological polar surface area (TPSA) is 42.0 Å². The number of carbonyl (C=O) groups is 1. The molecule has 2 rings (SSSR count). The first kappa shape index (κ1) is 13.6. The van der Waals surface area contributed by atoms with Gasteiger partial charge in [0.2, 0.25) is 0 Å². The molecular weight excluding hydrogens is 232 g/mol. The van der Waals surface area contributed by atoms with Gasteiger partial charge in [0.1, 0.15) is 5.60 Å². The molecule has 1 atom stereocenters. The minimum atomic E-state index is -0.435. The maximum Gasteiger partial charge on any atom is 0.410 e. The first-order valence-electron chi connectivity index (χ1n) is 6.60. The molecule has 0 unspecified atom stereocenters. The zero-order valence-electron chi connectivity index (χ0n) is 11.9. The number of likely N-dealkylation sites (N-methyl/N-ethyl adjacent to an activating group) is 1. The summed E-state index contributed by atoms with van der Waals surface area (Å²) < 4.78 is 11.3. The molecule has 5 heteroatoms. The van der Waals surface area contributed by atoms with Gasteiger partial charge in [0, 0.05) is 19.6 Å². The van der Waals surface area contributed by atoms with E-state index >= 15 is 0 Å². The largest absolute Gasteiger partial charge is 0.444 e. The van der Waals surface area contributed by atoms with Gasteiger partial charge in [0.15, 0.2) is 0 Å². The Kier molecular flexibility index (Phi) is 3.56. The van der Waals surface area contributed by atoms with Crippen LogP contribution in [0.15, 0.2) is 0 Å². The van der Waals surface area contributed by atoms with Crippen molar-refractivity contribution in [1.82, 2.24) is 9.80 Å². The molecule has 0 aliphatic carbocycles. The monoisotopic (exact) mass is 256 g/mol. The summed E-state index contributed by atoms with van der Waals surface area (Å²) in [6.07, 6.45) is 0.766. The smallest absolute Gasteiger partial charge is 0.410 e. The van der Waals surface area contributed by atoms with Crippen molar-refractivity contribution in [3.63, 3.8) is 0 Å². The van der Waals surface area contributed by atoms with Crippen LogP contribution in [0.4, 0.5) is 4.79 Å². The van der Waals surface area contributed by atoms with Crippen LogP contribution in [0.2, 0.25) is 0 Å². The SMILES string of the molecule is CN1CC[C@]2(C1)CN(C(=O)OC(C)(C)C)CCO2. The fraction of sp³-hybridized carbons (Fsp3) is 0.923. The van der Waals surface area contributed by atoms with Crippen molar-refractivity contribution >= 4 is 6.09 Å². The summed E-state index contributed by atoms with van der Waals surface area (Å²) in [5.74, 6) is 0. The average molecular weight is 256 g/mol. The number of ether oxygens (including phenoxy) is 2. The van der Waals surface area contributed by atoms with Crippen LogP contribution in [0.5, 0.6) is 0 Å². The Morgan fingerprint density at radius 1 is 1.28 bits per heavy atom. The van der Waals surface area contributed by atoms with E-state index in [-0.39, 0.29) is 11.7 Å². The highest BCUT2D eigenvalue weighted by atomic mass is 16.6. The van der Waals surface area contributed by atoms with Crippen LogP contribution in [0, 0.1) is 0 Å². The van der Waals surface area contributed by atoms with Gasteiger partial charge >= 0.3 is 6.09 Å². The van der Waals surface area contributed by atoms with E-state index in [4.69, 9.17) is 9.47 Å². The summed E-state index contributed by atoms with van der Waals surface area (Å²) in [5.41, 5.74) is -0.612. The highest BCUT2D eigenvalue weighted by Gasteiger charge is 2.43. The maximum atomic E-state index is 12.1. The number of likely N-dealkylation sites (tertiary alicyclic amines) is 1. The number of hydrogen-bond donors (Lipinski definition) is 0. The van der Waals surface area contributed by atoms with Gasteiger partial charge in [0.05, 0.1) is 18.8 Å². The summed E-state index contributed by atoms with van der Waals surface area (Å²) in [6, 6.07) is 0. The van der Waals surface area contributed by atoms with Crippen molar-refractivity contribution < 1.29 is 14.3 Å². The minimum Gasteiger partial charge on any atom is -0.444 e. The molecular formula is C13H24N2O3. The lowest BCUT2D eigenvalue weighted by Crippen LogP contribution is -2.55. The van der Waals surface area contributed by atoms with Crippen molar-refractivity contribution in [2.75, 3.05) is 39.8 Å². The number of carbonyl (C=O) groups excluding carboxylic acids is 1. The predicted molar refractivity (Wildman–Crippen MR) is 68.6 cm³/mol. The van der Waals surface area contributed by atoms with Gasteiger partial charge in [-0.25, -0.2) is 4.79 Å². The van der Waals surface area contributed by atoms with E-state index in [0.29, 0.717) is 19.7 Å². The van der Waals surface area contributed by atoms with Gasteiger partial charge in [-0.05, 0) is 34.2 Å². The quantitative estimate of drug-likeness (QED) is 0.655. The second kappa shape index (κ2) is 4.70. The van der Waals surface area contributed by atoms with E-state index in [0.717, 1.165) is 19.5 Å². The molecule has 2 saturated heterocycles. The lowest BCUT2D eigenvalue weighted by molar-refractivity contribution is -0.100. The Morgan fingerprint density at radius 3 is 2.56 bits per heavy atom. The van der Waals surface area contributed by atoms with Crippen LogP contribution < -0.4 is 0 Å². The molecule has 2 aliphatic rings. The summed E-state index contributed by atoms with van der Waals surface area (Å²) >= 11 is 0. The molecule has 0 radical (unpaired) electrons. The highest BCUT2D eigenvalue weighted by Crippen LogP contribution is 2.29. The fourth-order valence-corrected chi connectivity index (χ4v) is 2.62. The van der Waals surface area contributed by atoms with Crippen LogP contribution >= 0.6 is 0 Å². The Bertz CT molecular complexity index is 323.